The summed E-state index contributed by atoms with van der Waals surface area (Å²) in [5.74, 6) is 0. The van der Waals surface area contributed by atoms with Gasteiger partial charge in [0.05, 0.1) is 17.8 Å². The largest absolute Gasteiger partial charge is 0.494 e. The first-order valence-corrected chi connectivity index (χ1v) is 8.45. The lowest BCUT2D eigenvalue weighted by Gasteiger charge is -2.32. The standard InChI is InChI=1S/C18H30BNO3/c1-7-20(12-13-21-6)14-15-8-10-16(11-9-15)19-22-17(2,3)18(4,5)23-19/h8-11H,7,12-14H2,1-6H3. The fraction of sp³-hybridized carbons (Fsp3) is 0.667. The monoisotopic (exact) mass is 319 g/mol. The van der Waals surface area contributed by atoms with Crippen LogP contribution in [-0.4, -0.2) is 50.0 Å². The molecule has 0 saturated carbocycles. The lowest BCUT2D eigenvalue weighted by atomic mass is 9.79. The zero-order chi connectivity index (χ0) is 17.1. The number of ether oxygens (including phenoxy) is 1. The average Bonchev–Trinajstić information content (AvgIpc) is 2.72. The second kappa shape index (κ2) is 7.35. The van der Waals surface area contributed by atoms with E-state index in [0.29, 0.717) is 0 Å². The SMILES string of the molecule is CCN(CCOC)Cc1ccc(B2OC(C)(C)C(C)(C)O2)cc1. The van der Waals surface area contributed by atoms with E-state index in [9.17, 15) is 0 Å². The summed E-state index contributed by atoms with van der Waals surface area (Å²) in [5, 5.41) is 0. The average molecular weight is 319 g/mol. The van der Waals surface area contributed by atoms with Gasteiger partial charge < -0.3 is 14.0 Å². The van der Waals surface area contributed by atoms with E-state index in [-0.39, 0.29) is 18.3 Å². The zero-order valence-corrected chi connectivity index (χ0v) is 15.4. The van der Waals surface area contributed by atoms with E-state index in [1.165, 1.54) is 5.56 Å². The Labute approximate surface area is 141 Å². The molecule has 1 fully saturated rings. The van der Waals surface area contributed by atoms with Crippen molar-refractivity contribution in [1.82, 2.24) is 4.90 Å². The number of nitrogens with zero attached hydrogens (tertiary/aromatic N) is 1. The van der Waals surface area contributed by atoms with E-state index in [2.05, 4.69) is 63.8 Å². The molecule has 1 aliphatic rings. The van der Waals surface area contributed by atoms with Crippen molar-refractivity contribution in [2.45, 2.75) is 52.4 Å². The molecule has 5 heteroatoms. The number of benzene rings is 1. The summed E-state index contributed by atoms with van der Waals surface area (Å²) in [6.45, 7) is 14.2. The molecule has 0 bridgehead atoms. The third kappa shape index (κ3) is 4.35. The Bertz CT molecular complexity index is 485. The van der Waals surface area contributed by atoms with E-state index in [1.54, 1.807) is 7.11 Å². The molecule has 2 rings (SSSR count). The van der Waals surface area contributed by atoms with Crippen molar-refractivity contribution >= 4 is 12.6 Å². The summed E-state index contributed by atoms with van der Waals surface area (Å²) in [6, 6.07) is 8.55. The van der Waals surface area contributed by atoms with Crippen molar-refractivity contribution in [3.05, 3.63) is 29.8 Å². The molecule has 1 aliphatic heterocycles. The van der Waals surface area contributed by atoms with Gasteiger partial charge in [-0.05, 0) is 45.3 Å². The fourth-order valence-corrected chi connectivity index (χ4v) is 2.59. The van der Waals surface area contributed by atoms with Gasteiger partial charge in [0.15, 0.2) is 0 Å². The molecule has 1 aromatic rings. The summed E-state index contributed by atoms with van der Waals surface area (Å²) in [5.41, 5.74) is 1.78. The second-order valence-corrected chi connectivity index (χ2v) is 7.19. The van der Waals surface area contributed by atoms with Crippen LogP contribution in [0.5, 0.6) is 0 Å². The minimum absolute atomic E-state index is 0.287. The molecule has 0 aromatic heterocycles. The van der Waals surface area contributed by atoms with Crippen LogP contribution in [0, 0.1) is 0 Å². The Morgan fingerprint density at radius 2 is 1.61 bits per heavy atom. The zero-order valence-electron chi connectivity index (χ0n) is 15.4. The van der Waals surface area contributed by atoms with Crippen LogP contribution >= 0.6 is 0 Å². The Kier molecular flexibility index (Phi) is 5.90. The maximum Gasteiger partial charge on any atom is 0.494 e. The molecule has 1 saturated heterocycles. The van der Waals surface area contributed by atoms with Gasteiger partial charge in [-0.2, -0.15) is 0 Å². The molecule has 23 heavy (non-hydrogen) atoms. The summed E-state index contributed by atoms with van der Waals surface area (Å²) in [6.07, 6.45) is 0. The minimum atomic E-state index is -0.296. The van der Waals surface area contributed by atoms with Gasteiger partial charge >= 0.3 is 7.12 Å². The topological polar surface area (TPSA) is 30.9 Å². The van der Waals surface area contributed by atoms with Crippen molar-refractivity contribution in [3.63, 3.8) is 0 Å². The molecule has 4 nitrogen and oxygen atoms in total. The number of hydrogen-bond donors (Lipinski definition) is 0. The minimum Gasteiger partial charge on any atom is -0.399 e. The smallest absolute Gasteiger partial charge is 0.399 e. The van der Waals surface area contributed by atoms with Crippen molar-refractivity contribution in [2.75, 3.05) is 26.8 Å². The molecule has 0 unspecified atom stereocenters. The van der Waals surface area contributed by atoms with Gasteiger partial charge in [-0.1, -0.05) is 31.2 Å². The number of hydrogen-bond acceptors (Lipinski definition) is 4. The van der Waals surface area contributed by atoms with Crippen LogP contribution in [0.1, 0.15) is 40.2 Å². The van der Waals surface area contributed by atoms with Crippen LogP contribution in [-0.2, 0) is 20.6 Å². The predicted molar refractivity (Wildman–Crippen MR) is 95.0 cm³/mol. The molecule has 1 aromatic carbocycles. The van der Waals surface area contributed by atoms with Crippen LogP contribution in [0.2, 0.25) is 0 Å². The van der Waals surface area contributed by atoms with E-state index < -0.39 is 0 Å². The Morgan fingerprint density at radius 1 is 1.04 bits per heavy atom. The highest BCUT2D eigenvalue weighted by atomic mass is 16.7. The van der Waals surface area contributed by atoms with Gasteiger partial charge in [-0.15, -0.1) is 0 Å². The molecule has 1 heterocycles. The van der Waals surface area contributed by atoms with E-state index in [4.69, 9.17) is 14.0 Å². The van der Waals surface area contributed by atoms with Crippen molar-refractivity contribution in [3.8, 4) is 0 Å². The Hall–Kier alpha value is -0.875. The van der Waals surface area contributed by atoms with Crippen molar-refractivity contribution in [1.29, 1.82) is 0 Å². The van der Waals surface area contributed by atoms with Gasteiger partial charge in [0, 0.05) is 20.2 Å². The molecule has 0 amide bonds. The van der Waals surface area contributed by atoms with E-state index in [0.717, 1.165) is 31.7 Å². The quantitative estimate of drug-likeness (QED) is 0.723. The van der Waals surface area contributed by atoms with Gasteiger partial charge in [-0.25, -0.2) is 0 Å². The van der Waals surface area contributed by atoms with Crippen LogP contribution < -0.4 is 5.46 Å². The van der Waals surface area contributed by atoms with Crippen LogP contribution in [0.4, 0.5) is 0 Å². The third-order valence-electron chi connectivity index (χ3n) is 4.97. The molecule has 0 aliphatic carbocycles. The number of likely N-dealkylation sites (N-methyl/N-ethyl adjacent to an activating group) is 1. The summed E-state index contributed by atoms with van der Waals surface area (Å²) in [4.78, 5) is 2.37. The Balaban J connectivity index is 2.00. The molecule has 128 valence electrons. The summed E-state index contributed by atoms with van der Waals surface area (Å²) >= 11 is 0. The highest BCUT2D eigenvalue weighted by Gasteiger charge is 2.51. The maximum atomic E-state index is 6.10. The summed E-state index contributed by atoms with van der Waals surface area (Å²) < 4.78 is 17.4. The summed E-state index contributed by atoms with van der Waals surface area (Å²) in [7, 11) is 1.46. The molecular weight excluding hydrogens is 289 g/mol. The Morgan fingerprint density at radius 3 is 2.09 bits per heavy atom. The highest BCUT2D eigenvalue weighted by molar-refractivity contribution is 6.62. The molecular formula is C18H30BNO3. The van der Waals surface area contributed by atoms with E-state index in [1.807, 2.05) is 0 Å². The second-order valence-electron chi connectivity index (χ2n) is 7.19. The van der Waals surface area contributed by atoms with Gasteiger partial charge in [0.1, 0.15) is 0 Å². The highest BCUT2D eigenvalue weighted by Crippen LogP contribution is 2.36. The maximum absolute atomic E-state index is 6.10. The van der Waals surface area contributed by atoms with Crippen molar-refractivity contribution < 1.29 is 14.0 Å². The number of rotatable bonds is 7. The van der Waals surface area contributed by atoms with Crippen LogP contribution in [0.25, 0.3) is 0 Å². The third-order valence-corrected chi connectivity index (χ3v) is 4.97. The lowest BCUT2D eigenvalue weighted by Crippen LogP contribution is -2.41. The van der Waals surface area contributed by atoms with Gasteiger partial charge in [0.25, 0.3) is 0 Å². The molecule has 0 N–H and O–H groups in total. The lowest BCUT2D eigenvalue weighted by molar-refractivity contribution is 0.00578. The first-order valence-electron chi connectivity index (χ1n) is 8.45. The molecule has 0 atom stereocenters. The van der Waals surface area contributed by atoms with E-state index >= 15 is 0 Å². The van der Waals surface area contributed by atoms with Crippen LogP contribution in [0.3, 0.4) is 0 Å². The first kappa shape index (κ1) is 18.5. The first-order chi connectivity index (χ1) is 10.8. The van der Waals surface area contributed by atoms with Gasteiger partial charge in [0.2, 0.25) is 0 Å². The van der Waals surface area contributed by atoms with Gasteiger partial charge in [-0.3, -0.25) is 4.90 Å². The fourth-order valence-electron chi connectivity index (χ4n) is 2.59. The molecule has 0 spiro atoms. The van der Waals surface area contributed by atoms with Crippen molar-refractivity contribution in [2.24, 2.45) is 0 Å². The predicted octanol–water partition coefficient (Wildman–Crippen LogP) is 2.45. The normalized spacial score (nSPS) is 19.5. The molecule has 0 radical (unpaired) electrons. The number of methoxy groups -OCH3 is 1. The van der Waals surface area contributed by atoms with Crippen LogP contribution in [0.15, 0.2) is 24.3 Å².